The van der Waals surface area contributed by atoms with Crippen molar-refractivity contribution < 1.29 is 42.9 Å². The van der Waals surface area contributed by atoms with Gasteiger partial charge in [0.25, 0.3) is 11.4 Å². The predicted octanol–water partition coefficient (Wildman–Crippen LogP) is -2.60. The number of nitrogens with two attached hydrogens (primary N) is 1. The van der Waals surface area contributed by atoms with Crippen LogP contribution in [0.25, 0.3) is 6.15 Å². The first-order chi connectivity index (χ1) is 1.73. The van der Waals surface area contributed by atoms with Gasteiger partial charge in [0.1, 0.15) is 0 Å². The van der Waals surface area contributed by atoms with E-state index in [4.69, 9.17) is 13.3 Å². The summed E-state index contributed by atoms with van der Waals surface area (Å²) in [5, 5.41) is 0. The second kappa shape index (κ2) is 9.39. The predicted molar refractivity (Wildman–Crippen MR) is 18.7 cm³/mol. The Labute approximate surface area is 60.3 Å². The van der Waals surface area contributed by atoms with Crippen molar-refractivity contribution >= 4 is 11.4 Å². The topological polar surface area (TPSA) is 91.0 Å². The van der Waals surface area contributed by atoms with Crippen LogP contribution >= 0.6 is 0 Å². The first-order valence-corrected chi connectivity index (χ1v) is 1.60. The molecule has 0 unspecified atom stereocenters. The van der Waals surface area contributed by atoms with Crippen LogP contribution in [0.15, 0.2) is 0 Å². The van der Waals surface area contributed by atoms with Gasteiger partial charge in [-0.2, -0.15) is 4.21 Å². The van der Waals surface area contributed by atoms with Gasteiger partial charge in [0, 0.05) is 0 Å². The Morgan fingerprint density at radius 2 is 1.33 bits per heavy atom. The molecule has 0 atom stereocenters. The van der Waals surface area contributed by atoms with Crippen molar-refractivity contribution in [3.8, 4) is 0 Å². The Morgan fingerprint density at radius 3 is 1.33 bits per heavy atom. The number of rotatable bonds is 0. The second-order valence-corrected chi connectivity index (χ2v) is 0.692. The van der Waals surface area contributed by atoms with E-state index in [1.807, 2.05) is 0 Å². The monoisotopic (exact) mass is 121 g/mol. The average Bonchev–Trinajstić information content (AvgIpc) is 0.811. The maximum Gasteiger partial charge on any atom is 1.00 e. The third kappa shape index (κ3) is 77.0. The molecule has 4 N–H and O–H groups in total. The fourth-order valence-corrected chi connectivity index (χ4v) is 0. The summed E-state index contributed by atoms with van der Waals surface area (Å²) < 4.78 is 22.8. The van der Waals surface area contributed by atoms with E-state index in [1.165, 1.54) is 0 Å². The van der Waals surface area contributed by atoms with Crippen LogP contribution in [0, 0.1) is 0 Å². The summed E-state index contributed by atoms with van der Waals surface area (Å²) in [5.74, 6) is 0. The van der Waals surface area contributed by atoms with Crippen LogP contribution in [0.3, 0.4) is 0 Å². The molecule has 0 aromatic carbocycles. The molecule has 0 aromatic heterocycles. The quantitative estimate of drug-likeness (QED) is 0.272. The Kier molecular flexibility index (Phi) is 24.6. The standard InChI is InChI=1S/H2N.Na.H2O3S/c;;1-4(2)3/h1H2;;(H2,1,2,3)/q-1;+1;. The van der Waals surface area contributed by atoms with E-state index >= 15 is 0 Å². The van der Waals surface area contributed by atoms with Crippen molar-refractivity contribution in [2.45, 2.75) is 0 Å². The van der Waals surface area contributed by atoms with E-state index in [2.05, 4.69) is 0 Å². The van der Waals surface area contributed by atoms with Crippen LogP contribution < -0.4 is 29.6 Å². The Bertz CT molecular complexity index is 33.8. The molecule has 34 valence electrons. The van der Waals surface area contributed by atoms with Gasteiger partial charge in [-0.25, -0.2) is 0 Å². The van der Waals surface area contributed by atoms with Crippen molar-refractivity contribution in [3.05, 3.63) is 6.15 Å². The molecule has 0 aromatic rings. The van der Waals surface area contributed by atoms with Crippen molar-refractivity contribution in [2.24, 2.45) is 0 Å². The van der Waals surface area contributed by atoms with Crippen LogP contribution in [0.1, 0.15) is 0 Å². The van der Waals surface area contributed by atoms with Crippen molar-refractivity contribution in [2.75, 3.05) is 0 Å². The average molecular weight is 121 g/mol. The molecule has 0 amide bonds. The zero-order valence-corrected chi connectivity index (χ0v) is 6.10. The van der Waals surface area contributed by atoms with Gasteiger partial charge < -0.3 is 6.15 Å². The summed E-state index contributed by atoms with van der Waals surface area (Å²) in [7, 11) is 0. The molecular weight excluding hydrogens is 117 g/mol. The molecule has 0 saturated carbocycles. The maximum atomic E-state index is 8.67. The van der Waals surface area contributed by atoms with Crippen molar-refractivity contribution in [3.63, 3.8) is 0 Å². The largest absolute Gasteiger partial charge is 1.00 e. The molecule has 0 bridgehead atoms. The van der Waals surface area contributed by atoms with Crippen molar-refractivity contribution in [1.82, 2.24) is 0 Å². The van der Waals surface area contributed by atoms with Crippen LogP contribution in [-0.4, -0.2) is 13.3 Å². The van der Waals surface area contributed by atoms with Gasteiger partial charge in [-0.1, -0.05) is 0 Å². The van der Waals surface area contributed by atoms with Crippen molar-refractivity contribution in [1.29, 1.82) is 0 Å². The van der Waals surface area contributed by atoms with Gasteiger partial charge >= 0.3 is 29.6 Å². The number of hydrogen-bond donors (Lipinski definition) is 2. The molecule has 0 aliphatic carbocycles. The molecule has 0 radical (unpaired) electrons. The van der Waals surface area contributed by atoms with Gasteiger partial charge in [0.2, 0.25) is 0 Å². The third-order valence-electron chi connectivity index (χ3n) is 0. The summed E-state index contributed by atoms with van der Waals surface area (Å²) in [6.07, 6.45) is 0. The minimum absolute atomic E-state index is 0. The summed E-state index contributed by atoms with van der Waals surface area (Å²) in [4.78, 5) is 0. The third-order valence-corrected chi connectivity index (χ3v) is 0. The number of hydrogen-bond acceptors (Lipinski definition) is 1. The SMILES string of the molecule is O=S(O)O.[NH2-].[Na+]. The smallest absolute Gasteiger partial charge is 0.693 e. The zero-order chi connectivity index (χ0) is 3.58. The first kappa shape index (κ1) is 15.7. The minimum atomic E-state index is -2.61. The molecule has 0 spiro atoms. The zero-order valence-electron chi connectivity index (χ0n) is 3.29. The van der Waals surface area contributed by atoms with Gasteiger partial charge in [-0.3, -0.25) is 9.11 Å². The molecule has 0 heterocycles. The van der Waals surface area contributed by atoms with Crippen LogP contribution in [0.5, 0.6) is 0 Å². The van der Waals surface area contributed by atoms with Crippen LogP contribution in [-0.2, 0) is 11.4 Å². The Morgan fingerprint density at radius 1 is 1.33 bits per heavy atom. The van der Waals surface area contributed by atoms with E-state index in [9.17, 15) is 0 Å². The van der Waals surface area contributed by atoms with Crippen LogP contribution in [0.2, 0.25) is 0 Å². The summed E-state index contributed by atoms with van der Waals surface area (Å²) >= 11 is -2.61. The van der Waals surface area contributed by atoms with Gasteiger partial charge in [-0.05, 0) is 0 Å². The van der Waals surface area contributed by atoms with Gasteiger partial charge in [0.15, 0.2) is 0 Å². The molecule has 4 nitrogen and oxygen atoms in total. The molecule has 0 saturated heterocycles. The van der Waals surface area contributed by atoms with Gasteiger partial charge in [-0.15, -0.1) is 0 Å². The molecule has 0 rings (SSSR count). The molecular formula is H4NNaO3S. The first-order valence-electron chi connectivity index (χ1n) is 0.532. The molecule has 0 aliphatic rings. The second-order valence-electron chi connectivity index (χ2n) is 0.231. The van der Waals surface area contributed by atoms with E-state index in [0.29, 0.717) is 0 Å². The molecule has 6 heavy (non-hydrogen) atoms. The molecule has 0 fully saturated rings. The Balaban J connectivity index is -0.0000000450. The molecule has 0 aliphatic heterocycles. The fourth-order valence-electron chi connectivity index (χ4n) is 0. The summed E-state index contributed by atoms with van der Waals surface area (Å²) in [5.41, 5.74) is 0. The van der Waals surface area contributed by atoms with E-state index in [0.717, 1.165) is 0 Å². The fraction of sp³-hybridized carbons (Fsp3) is 0. The van der Waals surface area contributed by atoms with E-state index < -0.39 is 11.4 Å². The summed E-state index contributed by atoms with van der Waals surface area (Å²) in [6, 6.07) is 0. The minimum Gasteiger partial charge on any atom is -0.693 e. The maximum absolute atomic E-state index is 8.67. The molecule has 6 heteroatoms. The summed E-state index contributed by atoms with van der Waals surface area (Å²) in [6.45, 7) is 0. The normalized spacial score (nSPS) is 5.83. The van der Waals surface area contributed by atoms with Gasteiger partial charge in [0.05, 0.1) is 0 Å². The van der Waals surface area contributed by atoms with Crippen LogP contribution in [0.4, 0.5) is 0 Å². The van der Waals surface area contributed by atoms with E-state index in [-0.39, 0.29) is 35.7 Å². The Hall–Kier alpha value is 1.03. The van der Waals surface area contributed by atoms with E-state index in [1.54, 1.807) is 0 Å².